The molecule has 1 aliphatic heterocycles. The van der Waals surface area contributed by atoms with Crippen molar-refractivity contribution in [1.29, 1.82) is 0 Å². The van der Waals surface area contributed by atoms with Crippen LogP contribution in [0.2, 0.25) is 0 Å². The highest BCUT2D eigenvalue weighted by atomic mass is 16.6. The number of aryl methyl sites for hydroxylation is 1. The van der Waals surface area contributed by atoms with Gasteiger partial charge in [-0.25, -0.2) is 0 Å². The second kappa shape index (κ2) is 9.31. The molecular formula is C16H24N4O4. The van der Waals surface area contributed by atoms with E-state index >= 15 is 0 Å². The Balaban J connectivity index is 1.96. The van der Waals surface area contributed by atoms with Gasteiger partial charge in [0.15, 0.2) is 0 Å². The highest BCUT2D eigenvalue weighted by Crippen LogP contribution is 2.15. The number of carbonyl (C=O) groups is 1. The summed E-state index contributed by atoms with van der Waals surface area (Å²) in [4.78, 5) is 23.9. The molecule has 1 unspecified atom stereocenters. The van der Waals surface area contributed by atoms with Crippen molar-refractivity contribution in [2.24, 2.45) is 0 Å². The first-order valence-electron chi connectivity index (χ1n) is 8.19. The van der Waals surface area contributed by atoms with Crippen LogP contribution < -0.4 is 10.6 Å². The first kappa shape index (κ1) is 18.3. The number of non-ortho nitro benzene ring substituents is 1. The second-order valence-corrected chi connectivity index (χ2v) is 5.85. The minimum Gasteiger partial charge on any atom is -0.480 e. The van der Waals surface area contributed by atoms with Gasteiger partial charge in [-0.05, 0) is 18.4 Å². The molecule has 0 spiro atoms. The number of benzene rings is 1. The van der Waals surface area contributed by atoms with Crippen molar-refractivity contribution >= 4 is 11.7 Å². The lowest BCUT2D eigenvalue weighted by Gasteiger charge is -2.28. The molecule has 24 heavy (non-hydrogen) atoms. The molecule has 0 aromatic heterocycles. The molecule has 0 amide bonds. The SMILES string of the molecule is O=C(O)C(CCc1ccc([N+](=O)[O-])cc1)N1CCNCCNCC1. The van der Waals surface area contributed by atoms with Crippen molar-refractivity contribution < 1.29 is 14.8 Å². The van der Waals surface area contributed by atoms with Crippen LogP contribution in [0.25, 0.3) is 0 Å². The average Bonchev–Trinajstić information content (AvgIpc) is 2.69. The van der Waals surface area contributed by atoms with E-state index < -0.39 is 16.9 Å². The van der Waals surface area contributed by atoms with Crippen LogP contribution >= 0.6 is 0 Å². The number of nitrogens with zero attached hydrogens (tertiary/aromatic N) is 2. The maximum atomic E-state index is 11.7. The van der Waals surface area contributed by atoms with Gasteiger partial charge in [0.25, 0.3) is 5.69 Å². The van der Waals surface area contributed by atoms with Gasteiger partial charge in [-0.3, -0.25) is 19.8 Å². The zero-order valence-corrected chi connectivity index (χ0v) is 13.6. The summed E-state index contributed by atoms with van der Waals surface area (Å²) < 4.78 is 0. The lowest BCUT2D eigenvalue weighted by atomic mass is 10.0. The summed E-state index contributed by atoms with van der Waals surface area (Å²) in [6.45, 7) is 4.69. The summed E-state index contributed by atoms with van der Waals surface area (Å²) in [6.07, 6.45) is 1.06. The van der Waals surface area contributed by atoms with Gasteiger partial charge in [-0.1, -0.05) is 12.1 Å². The van der Waals surface area contributed by atoms with Crippen molar-refractivity contribution in [2.45, 2.75) is 18.9 Å². The van der Waals surface area contributed by atoms with Crippen molar-refractivity contribution in [3.05, 3.63) is 39.9 Å². The lowest BCUT2D eigenvalue weighted by molar-refractivity contribution is -0.384. The number of carboxylic acid groups (broad SMARTS) is 1. The van der Waals surface area contributed by atoms with Gasteiger partial charge >= 0.3 is 5.97 Å². The van der Waals surface area contributed by atoms with E-state index in [1.54, 1.807) is 12.1 Å². The van der Waals surface area contributed by atoms with Gasteiger partial charge in [-0.2, -0.15) is 0 Å². The van der Waals surface area contributed by atoms with E-state index in [0.717, 1.165) is 31.7 Å². The summed E-state index contributed by atoms with van der Waals surface area (Å²) in [5, 5.41) is 26.8. The van der Waals surface area contributed by atoms with Crippen LogP contribution in [0.4, 0.5) is 5.69 Å². The molecule has 1 aromatic carbocycles. The standard InChI is InChI=1S/C16H24N4O4/c21-16(22)15(19-11-9-17-7-8-18-10-12-19)6-3-13-1-4-14(5-2-13)20(23)24/h1-2,4-5,15,17-18H,3,6-12H2,(H,21,22). The van der Waals surface area contributed by atoms with Gasteiger partial charge in [-0.15, -0.1) is 0 Å². The Labute approximate surface area is 141 Å². The third-order valence-electron chi connectivity index (χ3n) is 4.21. The molecule has 132 valence electrons. The zero-order valence-electron chi connectivity index (χ0n) is 13.6. The molecule has 1 atom stereocenters. The predicted octanol–water partition coefficient (Wildman–Crippen LogP) is 0.475. The van der Waals surface area contributed by atoms with Crippen LogP contribution in [0.5, 0.6) is 0 Å². The van der Waals surface area contributed by atoms with Crippen molar-refractivity contribution in [2.75, 3.05) is 39.3 Å². The monoisotopic (exact) mass is 336 g/mol. The van der Waals surface area contributed by atoms with E-state index in [0.29, 0.717) is 25.9 Å². The summed E-state index contributed by atoms with van der Waals surface area (Å²) in [5.74, 6) is -0.823. The molecule has 0 bridgehead atoms. The molecule has 8 heteroatoms. The van der Waals surface area contributed by atoms with Crippen molar-refractivity contribution in [3.8, 4) is 0 Å². The van der Waals surface area contributed by atoms with Gasteiger partial charge in [0, 0.05) is 51.4 Å². The third-order valence-corrected chi connectivity index (χ3v) is 4.21. The van der Waals surface area contributed by atoms with E-state index in [2.05, 4.69) is 10.6 Å². The second-order valence-electron chi connectivity index (χ2n) is 5.85. The summed E-state index contributed by atoms with van der Waals surface area (Å²) in [5.41, 5.74) is 0.957. The summed E-state index contributed by atoms with van der Waals surface area (Å²) >= 11 is 0. The minimum absolute atomic E-state index is 0.0469. The highest BCUT2D eigenvalue weighted by molar-refractivity contribution is 5.73. The molecule has 1 aliphatic rings. The molecule has 8 nitrogen and oxygen atoms in total. The topological polar surface area (TPSA) is 108 Å². The number of nitro groups is 1. The van der Waals surface area contributed by atoms with Crippen LogP contribution in [0.1, 0.15) is 12.0 Å². The van der Waals surface area contributed by atoms with E-state index in [1.165, 1.54) is 12.1 Å². The molecule has 0 aliphatic carbocycles. The Morgan fingerprint density at radius 2 is 1.75 bits per heavy atom. The normalized spacial score (nSPS) is 18.2. The number of aliphatic carboxylic acids is 1. The van der Waals surface area contributed by atoms with Crippen LogP contribution in [-0.2, 0) is 11.2 Å². The Morgan fingerprint density at radius 3 is 2.25 bits per heavy atom. The average molecular weight is 336 g/mol. The molecule has 2 rings (SSSR count). The molecular weight excluding hydrogens is 312 g/mol. The van der Waals surface area contributed by atoms with Gasteiger partial charge in [0.2, 0.25) is 0 Å². The number of nitro benzene ring substituents is 1. The first-order valence-corrected chi connectivity index (χ1v) is 8.19. The molecule has 0 saturated carbocycles. The van der Waals surface area contributed by atoms with E-state index in [-0.39, 0.29) is 5.69 Å². The molecule has 0 radical (unpaired) electrons. The highest BCUT2D eigenvalue weighted by Gasteiger charge is 2.25. The zero-order chi connectivity index (χ0) is 17.4. The van der Waals surface area contributed by atoms with Crippen molar-refractivity contribution in [1.82, 2.24) is 15.5 Å². The Bertz CT molecular complexity index is 540. The number of hydrogen-bond acceptors (Lipinski definition) is 6. The maximum absolute atomic E-state index is 11.7. The fourth-order valence-corrected chi connectivity index (χ4v) is 2.85. The Morgan fingerprint density at radius 1 is 1.17 bits per heavy atom. The largest absolute Gasteiger partial charge is 0.480 e. The number of hydrogen-bond donors (Lipinski definition) is 3. The van der Waals surface area contributed by atoms with Crippen molar-refractivity contribution in [3.63, 3.8) is 0 Å². The van der Waals surface area contributed by atoms with Crippen LogP contribution in [0, 0.1) is 10.1 Å². The Hall–Kier alpha value is -2.03. The fourth-order valence-electron chi connectivity index (χ4n) is 2.85. The third kappa shape index (κ3) is 5.55. The first-order chi connectivity index (χ1) is 11.6. The molecule has 1 heterocycles. The molecule has 1 saturated heterocycles. The smallest absolute Gasteiger partial charge is 0.320 e. The maximum Gasteiger partial charge on any atom is 0.320 e. The summed E-state index contributed by atoms with van der Waals surface area (Å²) in [6, 6.07) is 5.75. The minimum atomic E-state index is -0.823. The van der Waals surface area contributed by atoms with Crippen LogP contribution in [0.3, 0.4) is 0 Å². The van der Waals surface area contributed by atoms with E-state index in [4.69, 9.17) is 0 Å². The van der Waals surface area contributed by atoms with Crippen LogP contribution in [-0.4, -0.2) is 66.2 Å². The molecule has 1 aromatic rings. The lowest BCUT2D eigenvalue weighted by Crippen LogP contribution is -2.46. The van der Waals surface area contributed by atoms with E-state index in [9.17, 15) is 20.0 Å². The number of rotatable bonds is 6. The molecule has 1 fully saturated rings. The number of nitrogens with one attached hydrogen (secondary N) is 2. The quantitative estimate of drug-likeness (QED) is 0.512. The van der Waals surface area contributed by atoms with E-state index in [1.807, 2.05) is 4.90 Å². The summed E-state index contributed by atoms with van der Waals surface area (Å²) in [7, 11) is 0. The Kier molecular flexibility index (Phi) is 7.10. The molecule has 3 N–H and O–H groups in total. The van der Waals surface area contributed by atoms with Gasteiger partial charge in [0.1, 0.15) is 6.04 Å². The fraction of sp³-hybridized carbons (Fsp3) is 0.562. The number of carboxylic acids is 1. The van der Waals surface area contributed by atoms with Crippen LogP contribution in [0.15, 0.2) is 24.3 Å². The van der Waals surface area contributed by atoms with Gasteiger partial charge in [0.05, 0.1) is 4.92 Å². The predicted molar refractivity (Wildman–Crippen MR) is 90.2 cm³/mol. The van der Waals surface area contributed by atoms with Gasteiger partial charge < -0.3 is 15.7 Å².